The molecular formula is C20H30N2O4. The van der Waals surface area contributed by atoms with E-state index in [9.17, 15) is 9.59 Å². The van der Waals surface area contributed by atoms with E-state index in [4.69, 9.17) is 9.47 Å². The zero-order valence-electron chi connectivity index (χ0n) is 16.2. The SMILES string of the molecule is CCCOCCNC(=O)/C(C)=C/c1ccc(N(CC)CC)cc1OC=O. The van der Waals surface area contributed by atoms with Gasteiger partial charge in [-0.15, -0.1) is 0 Å². The second-order valence-corrected chi connectivity index (χ2v) is 5.80. The molecule has 144 valence electrons. The van der Waals surface area contributed by atoms with Gasteiger partial charge in [-0.1, -0.05) is 6.92 Å². The highest BCUT2D eigenvalue weighted by molar-refractivity contribution is 5.97. The van der Waals surface area contributed by atoms with Crippen molar-refractivity contribution in [2.45, 2.75) is 34.1 Å². The van der Waals surface area contributed by atoms with Crippen molar-refractivity contribution in [2.24, 2.45) is 0 Å². The van der Waals surface area contributed by atoms with E-state index in [-0.39, 0.29) is 5.91 Å². The van der Waals surface area contributed by atoms with E-state index in [0.29, 0.717) is 43.1 Å². The Kier molecular flexibility index (Phi) is 10.1. The third-order valence-corrected chi connectivity index (χ3v) is 3.91. The Morgan fingerprint density at radius 1 is 1.19 bits per heavy atom. The number of hydrogen-bond donors (Lipinski definition) is 1. The van der Waals surface area contributed by atoms with Crippen molar-refractivity contribution in [2.75, 3.05) is 37.7 Å². The summed E-state index contributed by atoms with van der Waals surface area (Å²) in [5.41, 5.74) is 2.19. The van der Waals surface area contributed by atoms with Gasteiger partial charge >= 0.3 is 0 Å². The fourth-order valence-corrected chi connectivity index (χ4v) is 2.50. The Balaban J connectivity index is 2.86. The molecule has 0 saturated heterocycles. The first kappa shape index (κ1) is 21.7. The predicted molar refractivity (Wildman–Crippen MR) is 104 cm³/mol. The zero-order valence-corrected chi connectivity index (χ0v) is 16.2. The van der Waals surface area contributed by atoms with Gasteiger partial charge in [-0.05, 0) is 45.4 Å². The Bertz CT molecular complexity index is 610. The highest BCUT2D eigenvalue weighted by Gasteiger charge is 2.10. The first-order chi connectivity index (χ1) is 12.6. The highest BCUT2D eigenvalue weighted by atomic mass is 16.5. The minimum Gasteiger partial charge on any atom is -0.428 e. The smallest absolute Gasteiger partial charge is 0.298 e. The van der Waals surface area contributed by atoms with Crippen molar-refractivity contribution in [3.05, 3.63) is 29.3 Å². The normalized spacial score (nSPS) is 11.2. The third kappa shape index (κ3) is 6.88. The summed E-state index contributed by atoms with van der Waals surface area (Å²) >= 11 is 0. The molecule has 6 heteroatoms. The fraction of sp³-hybridized carbons (Fsp3) is 0.500. The van der Waals surface area contributed by atoms with Crippen LogP contribution < -0.4 is 15.0 Å². The Hall–Kier alpha value is -2.34. The molecule has 6 nitrogen and oxygen atoms in total. The van der Waals surface area contributed by atoms with E-state index in [0.717, 1.165) is 25.2 Å². The molecule has 0 saturated carbocycles. The number of carbonyl (C=O) groups excluding carboxylic acids is 2. The van der Waals surface area contributed by atoms with Crippen LogP contribution in [-0.4, -0.2) is 45.2 Å². The number of hydrogen-bond acceptors (Lipinski definition) is 5. The lowest BCUT2D eigenvalue weighted by Gasteiger charge is -2.22. The molecule has 1 rings (SSSR count). The lowest BCUT2D eigenvalue weighted by Crippen LogP contribution is -2.27. The van der Waals surface area contributed by atoms with Crippen LogP contribution in [0, 0.1) is 0 Å². The van der Waals surface area contributed by atoms with Crippen molar-refractivity contribution in [3.63, 3.8) is 0 Å². The molecule has 0 bridgehead atoms. The van der Waals surface area contributed by atoms with Gasteiger partial charge in [-0.2, -0.15) is 0 Å². The maximum absolute atomic E-state index is 12.2. The van der Waals surface area contributed by atoms with Crippen LogP contribution in [-0.2, 0) is 14.3 Å². The van der Waals surface area contributed by atoms with Crippen LogP contribution in [0.25, 0.3) is 6.08 Å². The Labute approximate surface area is 156 Å². The first-order valence-corrected chi connectivity index (χ1v) is 9.10. The third-order valence-electron chi connectivity index (χ3n) is 3.91. The number of amides is 1. The van der Waals surface area contributed by atoms with Gasteiger partial charge in [-0.25, -0.2) is 0 Å². The molecule has 1 amide bonds. The lowest BCUT2D eigenvalue weighted by molar-refractivity contribution is -0.120. The molecular weight excluding hydrogens is 332 g/mol. The molecule has 1 N–H and O–H groups in total. The Morgan fingerprint density at radius 3 is 2.54 bits per heavy atom. The molecule has 0 heterocycles. The van der Waals surface area contributed by atoms with Gasteiger partial charge in [0.15, 0.2) is 0 Å². The van der Waals surface area contributed by atoms with E-state index in [1.807, 2.05) is 25.1 Å². The largest absolute Gasteiger partial charge is 0.428 e. The lowest BCUT2D eigenvalue weighted by atomic mass is 10.1. The minimum atomic E-state index is -0.171. The number of benzene rings is 1. The van der Waals surface area contributed by atoms with Gasteiger partial charge in [0.25, 0.3) is 6.47 Å². The van der Waals surface area contributed by atoms with Crippen molar-refractivity contribution >= 4 is 24.1 Å². The fourth-order valence-electron chi connectivity index (χ4n) is 2.50. The zero-order chi connectivity index (χ0) is 19.4. The van der Waals surface area contributed by atoms with Crippen molar-refractivity contribution in [1.29, 1.82) is 0 Å². The van der Waals surface area contributed by atoms with Crippen molar-refractivity contribution < 1.29 is 19.1 Å². The van der Waals surface area contributed by atoms with Crippen molar-refractivity contribution in [1.82, 2.24) is 5.32 Å². The maximum Gasteiger partial charge on any atom is 0.298 e. The molecule has 0 aliphatic carbocycles. The topological polar surface area (TPSA) is 67.9 Å². The van der Waals surface area contributed by atoms with E-state index >= 15 is 0 Å². The monoisotopic (exact) mass is 362 g/mol. The average Bonchev–Trinajstić information content (AvgIpc) is 2.64. The van der Waals surface area contributed by atoms with Crippen LogP contribution in [0.4, 0.5) is 5.69 Å². The molecule has 0 atom stereocenters. The number of nitrogens with one attached hydrogen (secondary N) is 1. The van der Waals surface area contributed by atoms with Crippen LogP contribution in [0.1, 0.15) is 39.7 Å². The second-order valence-electron chi connectivity index (χ2n) is 5.80. The van der Waals surface area contributed by atoms with Gasteiger partial charge in [0.1, 0.15) is 5.75 Å². The van der Waals surface area contributed by atoms with Crippen LogP contribution in [0.15, 0.2) is 23.8 Å². The van der Waals surface area contributed by atoms with E-state index in [1.54, 1.807) is 13.0 Å². The standard InChI is InChI=1S/C20H30N2O4/c1-5-11-25-12-10-21-20(24)16(4)13-17-8-9-18(22(6-2)7-3)14-19(17)26-15-23/h8-9,13-15H,5-7,10-12H2,1-4H3,(H,21,24)/b16-13+. The summed E-state index contributed by atoms with van der Waals surface area (Å²) in [5, 5.41) is 2.81. The van der Waals surface area contributed by atoms with Gasteiger partial charge in [-0.3, -0.25) is 9.59 Å². The summed E-state index contributed by atoms with van der Waals surface area (Å²) < 4.78 is 10.5. The van der Waals surface area contributed by atoms with E-state index in [1.165, 1.54) is 0 Å². The maximum atomic E-state index is 12.2. The number of carbonyl (C=O) groups is 2. The number of nitrogens with zero attached hydrogens (tertiary/aromatic N) is 1. The number of anilines is 1. The van der Waals surface area contributed by atoms with Crippen LogP contribution >= 0.6 is 0 Å². The minimum absolute atomic E-state index is 0.171. The molecule has 0 aromatic heterocycles. The summed E-state index contributed by atoms with van der Waals surface area (Å²) in [6, 6.07) is 5.63. The van der Waals surface area contributed by atoms with Gasteiger partial charge in [0.2, 0.25) is 5.91 Å². The summed E-state index contributed by atoms with van der Waals surface area (Å²) in [6.07, 6.45) is 2.67. The van der Waals surface area contributed by atoms with Crippen LogP contribution in [0.3, 0.4) is 0 Å². The molecule has 1 aromatic carbocycles. The van der Waals surface area contributed by atoms with Gasteiger partial charge in [0, 0.05) is 49.1 Å². The molecule has 0 aliphatic rings. The molecule has 1 aromatic rings. The molecule has 0 aliphatic heterocycles. The average molecular weight is 362 g/mol. The Morgan fingerprint density at radius 2 is 1.92 bits per heavy atom. The first-order valence-electron chi connectivity index (χ1n) is 9.10. The molecule has 0 fully saturated rings. The second kappa shape index (κ2) is 12.1. The predicted octanol–water partition coefficient (Wildman–Crippen LogP) is 3.01. The van der Waals surface area contributed by atoms with Gasteiger partial charge in [0.05, 0.1) is 6.61 Å². The summed E-state index contributed by atoms with van der Waals surface area (Å²) in [4.78, 5) is 25.2. The molecule has 26 heavy (non-hydrogen) atoms. The van der Waals surface area contributed by atoms with Gasteiger partial charge < -0.3 is 19.7 Å². The molecule has 0 unspecified atom stereocenters. The summed E-state index contributed by atoms with van der Waals surface area (Å²) in [6.45, 7) is 11.7. The number of ether oxygens (including phenoxy) is 2. The van der Waals surface area contributed by atoms with E-state index in [2.05, 4.69) is 24.1 Å². The number of rotatable bonds is 12. The van der Waals surface area contributed by atoms with Crippen LogP contribution in [0.2, 0.25) is 0 Å². The van der Waals surface area contributed by atoms with Crippen LogP contribution in [0.5, 0.6) is 5.75 Å². The van der Waals surface area contributed by atoms with Crippen molar-refractivity contribution in [3.8, 4) is 5.75 Å². The van der Waals surface area contributed by atoms with E-state index < -0.39 is 0 Å². The summed E-state index contributed by atoms with van der Waals surface area (Å²) in [5.74, 6) is 0.262. The molecule has 0 spiro atoms. The molecule has 0 radical (unpaired) electrons. The highest BCUT2D eigenvalue weighted by Crippen LogP contribution is 2.27. The quantitative estimate of drug-likeness (QED) is 0.352. The summed E-state index contributed by atoms with van der Waals surface area (Å²) in [7, 11) is 0.